The van der Waals surface area contributed by atoms with Gasteiger partial charge in [-0.3, -0.25) is 9.59 Å². The lowest BCUT2D eigenvalue weighted by Crippen LogP contribution is -2.39. The van der Waals surface area contributed by atoms with Crippen LogP contribution in [0.25, 0.3) is 11.0 Å². The Balaban J connectivity index is 1.51. The second-order valence-electron chi connectivity index (χ2n) is 7.02. The molecule has 1 heterocycles. The van der Waals surface area contributed by atoms with Gasteiger partial charge in [0.05, 0.1) is 5.92 Å². The van der Waals surface area contributed by atoms with E-state index in [0.29, 0.717) is 36.6 Å². The molecule has 144 valence electrons. The van der Waals surface area contributed by atoms with Gasteiger partial charge in [0, 0.05) is 24.1 Å². The van der Waals surface area contributed by atoms with Crippen LogP contribution in [0.4, 0.5) is 0 Å². The second kappa shape index (κ2) is 8.24. The lowest BCUT2D eigenvalue weighted by atomic mass is 9.82. The summed E-state index contributed by atoms with van der Waals surface area (Å²) in [4.78, 5) is 34.6. The van der Waals surface area contributed by atoms with Gasteiger partial charge in [0.15, 0.2) is 6.10 Å². The molecule has 2 aromatic rings. The predicted molar refractivity (Wildman–Crippen MR) is 98.7 cm³/mol. The van der Waals surface area contributed by atoms with Crippen molar-refractivity contribution in [1.82, 2.24) is 5.32 Å². The van der Waals surface area contributed by atoms with Gasteiger partial charge in [-0.1, -0.05) is 0 Å². The fraction of sp³-hybridized carbons (Fsp3) is 0.450. The molecule has 0 aliphatic heterocycles. The fourth-order valence-corrected chi connectivity index (χ4v) is 3.37. The van der Waals surface area contributed by atoms with E-state index in [2.05, 4.69) is 5.32 Å². The van der Waals surface area contributed by atoms with Crippen molar-refractivity contribution < 1.29 is 23.8 Å². The monoisotopic (exact) mass is 373 g/mol. The van der Waals surface area contributed by atoms with Crippen LogP contribution in [0.2, 0.25) is 0 Å². The molecule has 1 aromatic carbocycles. The molecular weight excluding hydrogens is 350 g/mol. The number of amides is 1. The summed E-state index contributed by atoms with van der Waals surface area (Å²) in [5.41, 5.74) is -0.0362. The highest BCUT2D eigenvalue weighted by molar-refractivity contribution is 5.81. The molecule has 7 nitrogen and oxygen atoms in total. The summed E-state index contributed by atoms with van der Waals surface area (Å²) in [6, 6.07) is 8.09. The number of carboxylic acids is 1. The van der Waals surface area contributed by atoms with Gasteiger partial charge in [-0.15, -0.1) is 0 Å². The van der Waals surface area contributed by atoms with Crippen molar-refractivity contribution in [2.24, 2.45) is 11.8 Å². The van der Waals surface area contributed by atoms with Crippen LogP contribution >= 0.6 is 0 Å². The van der Waals surface area contributed by atoms with E-state index >= 15 is 0 Å². The zero-order valence-corrected chi connectivity index (χ0v) is 15.1. The predicted octanol–water partition coefficient (Wildman–Crippen LogP) is 2.57. The minimum atomic E-state index is -0.731. The Morgan fingerprint density at radius 2 is 1.93 bits per heavy atom. The highest BCUT2D eigenvalue weighted by Crippen LogP contribution is 2.28. The number of hydrogen-bond acceptors (Lipinski definition) is 5. The molecule has 0 spiro atoms. The maximum atomic E-state index is 12.3. The van der Waals surface area contributed by atoms with Crippen LogP contribution in [0.1, 0.15) is 32.6 Å². The van der Waals surface area contributed by atoms with Gasteiger partial charge in [-0.25, -0.2) is 4.79 Å². The molecule has 1 fully saturated rings. The molecule has 0 bridgehead atoms. The Bertz CT molecular complexity index is 881. The normalized spacial score (nSPS) is 20.8. The Morgan fingerprint density at radius 3 is 2.63 bits per heavy atom. The van der Waals surface area contributed by atoms with E-state index in [1.165, 1.54) is 6.07 Å². The van der Waals surface area contributed by atoms with Crippen LogP contribution < -0.4 is 15.7 Å². The van der Waals surface area contributed by atoms with Crippen LogP contribution in [0.15, 0.2) is 39.5 Å². The topological polar surface area (TPSA) is 106 Å². The van der Waals surface area contributed by atoms with Crippen LogP contribution in [0, 0.1) is 11.8 Å². The molecule has 1 saturated carbocycles. The summed E-state index contributed by atoms with van der Waals surface area (Å²) >= 11 is 0. The van der Waals surface area contributed by atoms with Gasteiger partial charge in [-0.05, 0) is 56.7 Å². The summed E-state index contributed by atoms with van der Waals surface area (Å²) in [7, 11) is 0. The van der Waals surface area contributed by atoms with E-state index < -0.39 is 17.7 Å². The first-order chi connectivity index (χ1) is 12.9. The van der Waals surface area contributed by atoms with Crippen molar-refractivity contribution in [3.8, 4) is 5.75 Å². The van der Waals surface area contributed by atoms with Crippen LogP contribution in [0.5, 0.6) is 5.75 Å². The minimum Gasteiger partial charge on any atom is -0.481 e. The molecule has 2 N–H and O–H groups in total. The van der Waals surface area contributed by atoms with Crippen molar-refractivity contribution in [2.75, 3.05) is 6.54 Å². The smallest absolute Gasteiger partial charge is 0.336 e. The SMILES string of the molecule is C[C@H](Oc1ccc2ccc(=O)oc2c1)C(=O)NCC1CCC(C(=O)O)CC1. The number of fused-ring (bicyclic) bond motifs is 1. The second-order valence-corrected chi connectivity index (χ2v) is 7.02. The van der Waals surface area contributed by atoms with Crippen LogP contribution in [0.3, 0.4) is 0 Å². The Labute approximate surface area is 156 Å². The minimum absolute atomic E-state index is 0.232. The van der Waals surface area contributed by atoms with E-state index in [1.807, 2.05) is 0 Å². The number of ether oxygens (including phenoxy) is 1. The number of carboxylic acid groups (broad SMARTS) is 1. The fourth-order valence-electron chi connectivity index (χ4n) is 3.37. The molecule has 1 atom stereocenters. The zero-order chi connectivity index (χ0) is 19.4. The third kappa shape index (κ3) is 4.87. The number of rotatable bonds is 6. The maximum Gasteiger partial charge on any atom is 0.336 e. The highest BCUT2D eigenvalue weighted by atomic mass is 16.5. The zero-order valence-electron chi connectivity index (χ0n) is 15.1. The van der Waals surface area contributed by atoms with Gasteiger partial charge >= 0.3 is 11.6 Å². The van der Waals surface area contributed by atoms with Gasteiger partial charge in [0.1, 0.15) is 11.3 Å². The molecule has 3 rings (SSSR count). The van der Waals surface area contributed by atoms with Crippen LogP contribution in [-0.2, 0) is 9.59 Å². The van der Waals surface area contributed by atoms with Gasteiger partial charge in [0.2, 0.25) is 0 Å². The Kier molecular flexibility index (Phi) is 5.78. The molecule has 1 aromatic heterocycles. The van der Waals surface area contributed by atoms with Crippen molar-refractivity contribution in [3.63, 3.8) is 0 Å². The molecule has 1 amide bonds. The molecule has 1 aliphatic carbocycles. The molecule has 7 heteroatoms. The van der Waals surface area contributed by atoms with E-state index in [4.69, 9.17) is 14.3 Å². The molecule has 1 aliphatic rings. The van der Waals surface area contributed by atoms with E-state index in [9.17, 15) is 14.4 Å². The maximum absolute atomic E-state index is 12.3. The van der Waals surface area contributed by atoms with Gasteiger partial charge in [0.25, 0.3) is 5.91 Å². The van der Waals surface area contributed by atoms with E-state index in [-0.39, 0.29) is 11.8 Å². The van der Waals surface area contributed by atoms with Crippen molar-refractivity contribution in [1.29, 1.82) is 0 Å². The standard InChI is InChI=1S/C20H23NO6/c1-12(19(23)21-11-13-2-4-15(5-3-13)20(24)25)26-16-8-6-14-7-9-18(22)27-17(14)10-16/h6-10,12-13,15H,2-5,11H2,1H3,(H,21,23)(H,24,25)/t12-,13?,15?/m0/s1. The number of aliphatic carboxylic acids is 1. The van der Waals surface area contributed by atoms with Crippen molar-refractivity contribution in [2.45, 2.75) is 38.7 Å². The summed E-state index contributed by atoms with van der Waals surface area (Å²) in [6.07, 6.45) is 2.22. The van der Waals surface area contributed by atoms with Gasteiger partial charge in [-0.2, -0.15) is 0 Å². The number of nitrogens with one attached hydrogen (secondary N) is 1. The number of carbonyl (C=O) groups is 2. The number of carbonyl (C=O) groups excluding carboxylic acids is 1. The summed E-state index contributed by atoms with van der Waals surface area (Å²) in [6.45, 7) is 2.17. The molecule has 0 saturated heterocycles. The molecule has 27 heavy (non-hydrogen) atoms. The molecule has 0 radical (unpaired) electrons. The lowest BCUT2D eigenvalue weighted by Gasteiger charge is -2.26. The average Bonchev–Trinajstić information content (AvgIpc) is 2.66. The van der Waals surface area contributed by atoms with Crippen molar-refractivity contribution >= 4 is 22.8 Å². The largest absolute Gasteiger partial charge is 0.481 e. The highest BCUT2D eigenvalue weighted by Gasteiger charge is 2.26. The Hall–Kier alpha value is -2.83. The van der Waals surface area contributed by atoms with E-state index in [1.54, 1.807) is 31.2 Å². The molecule has 0 unspecified atom stereocenters. The van der Waals surface area contributed by atoms with Crippen LogP contribution in [-0.4, -0.2) is 29.6 Å². The summed E-state index contributed by atoms with van der Waals surface area (Å²) < 4.78 is 10.8. The van der Waals surface area contributed by atoms with E-state index in [0.717, 1.165) is 18.2 Å². The first kappa shape index (κ1) is 18.9. The molecular formula is C20H23NO6. The first-order valence-electron chi connectivity index (χ1n) is 9.13. The van der Waals surface area contributed by atoms with Gasteiger partial charge < -0.3 is 19.6 Å². The number of benzene rings is 1. The summed E-state index contributed by atoms with van der Waals surface area (Å²) in [5, 5.41) is 12.7. The third-order valence-corrected chi connectivity index (χ3v) is 5.04. The lowest BCUT2D eigenvalue weighted by molar-refractivity contribution is -0.143. The number of hydrogen-bond donors (Lipinski definition) is 2. The average molecular weight is 373 g/mol. The van der Waals surface area contributed by atoms with Crippen molar-refractivity contribution in [3.05, 3.63) is 40.8 Å². The Morgan fingerprint density at radius 1 is 1.22 bits per heavy atom. The quantitative estimate of drug-likeness (QED) is 0.754. The third-order valence-electron chi connectivity index (χ3n) is 5.04. The summed E-state index contributed by atoms with van der Waals surface area (Å²) in [5.74, 6) is -0.476. The first-order valence-corrected chi connectivity index (χ1v) is 9.13.